The third-order valence-electron chi connectivity index (χ3n) is 3.52. The summed E-state index contributed by atoms with van der Waals surface area (Å²) >= 11 is 9.52. The largest absolute Gasteiger partial charge is 0.349 e. The lowest BCUT2D eigenvalue weighted by Gasteiger charge is -1.99. The quantitative estimate of drug-likeness (QED) is 0.496. The molecule has 6 heteroatoms. The number of hydrazone groups is 1. The number of amides is 1. The van der Waals surface area contributed by atoms with Crippen molar-refractivity contribution in [2.24, 2.45) is 5.10 Å². The minimum atomic E-state index is -0.303. The first-order chi connectivity index (χ1) is 11.1. The van der Waals surface area contributed by atoms with Gasteiger partial charge in [-0.1, -0.05) is 51.8 Å². The summed E-state index contributed by atoms with van der Waals surface area (Å²) in [4.78, 5) is 15.3. The van der Waals surface area contributed by atoms with Crippen LogP contribution in [0.5, 0.6) is 0 Å². The van der Waals surface area contributed by atoms with Gasteiger partial charge in [-0.3, -0.25) is 4.79 Å². The van der Waals surface area contributed by atoms with Gasteiger partial charge in [-0.05, 0) is 36.2 Å². The number of aryl methyl sites for hydroxylation is 1. The second-order valence-electron chi connectivity index (χ2n) is 5.04. The third-order valence-corrected chi connectivity index (χ3v) is 4.36. The first-order valence-electron chi connectivity index (χ1n) is 6.92. The van der Waals surface area contributed by atoms with Gasteiger partial charge in [0.2, 0.25) is 0 Å². The zero-order valence-corrected chi connectivity index (χ0v) is 14.6. The molecule has 4 nitrogen and oxygen atoms in total. The highest BCUT2D eigenvalue weighted by Crippen LogP contribution is 2.27. The third kappa shape index (κ3) is 3.30. The van der Waals surface area contributed by atoms with Crippen LogP contribution in [0.3, 0.4) is 0 Å². The molecular weight excluding hydrogens is 378 g/mol. The molecule has 0 bridgehead atoms. The molecule has 23 heavy (non-hydrogen) atoms. The summed E-state index contributed by atoms with van der Waals surface area (Å²) < 4.78 is 0.990. The van der Waals surface area contributed by atoms with Crippen LogP contribution in [0.4, 0.5) is 0 Å². The summed E-state index contributed by atoms with van der Waals surface area (Å²) in [6.45, 7) is 1.88. The number of aromatic nitrogens is 1. The van der Waals surface area contributed by atoms with Crippen molar-refractivity contribution in [3.8, 4) is 0 Å². The monoisotopic (exact) mass is 389 g/mol. The normalized spacial score (nSPS) is 11.3. The van der Waals surface area contributed by atoms with E-state index in [-0.39, 0.29) is 5.91 Å². The number of hydrogen-bond acceptors (Lipinski definition) is 2. The van der Waals surface area contributed by atoms with Gasteiger partial charge in [0.05, 0.1) is 16.8 Å². The highest BCUT2D eigenvalue weighted by Gasteiger charge is 2.15. The van der Waals surface area contributed by atoms with Crippen LogP contribution in [0.2, 0.25) is 5.02 Å². The SMILES string of the molecule is Cc1c(C(=O)NN=Cc2ccc(Br)cc2)[nH]c2c(Cl)cccc12. The molecule has 1 heterocycles. The van der Waals surface area contributed by atoms with Gasteiger partial charge >= 0.3 is 0 Å². The van der Waals surface area contributed by atoms with E-state index in [1.165, 1.54) is 0 Å². The van der Waals surface area contributed by atoms with Gasteiger partial charge in [-0.15, -0.1) is 0 Å². The van der Waals surface area contributed by atoms with Crippen molar-refractivity contribution >= 4 is 50.6 Å². The number of fused-ring (bicyclic) bond motifs is 1. The highest BCUT2D eigenvalue weighted by molar-refractivity contribution is 9.10. The number of carbonyl (C=O) groups is 1. The Morgan fingerprint density at radius 1 is 1.26 bits per heavy atom. The van der Waals surface area contributed by atoms with Crippen LogP contribution in [0, 0.1) is 6.92 Å². The Bertz CT molecular complexity index is 900. The fraction of sp³-hybridized carbons (Fsp3) is 0.0588. The number of aromatic amines is 1. The molecule has 3 aromatic rings. The predicted molar refractivity (Wildman–Crippen MR) is 97.2 cm³/mol. The second kappa shape index (κ2) is 6.56. The molecule has 1 aromatic heterocycles. The molecule has 0 unspecified atom stereocenters. The minimum absolute atomic E-state index is 0.303. The van der Waals surface area contributed by atoms with E-state index in [2.05, 4.69) is 31.4 Å². The molecule has 2 aromatic carbocycles. The van der Waals surface area contributed by atoms with E-state index in [1.807, 2.05) is 43.3 Å². The lowest BCUT2D eigenvalue weighted by Crippen LogP contribution is -2.18. The lowest BCUT2D eigenvalue weighted by atomic mass is 10.1. The van der Waals surface area contributed by atoms with E-state index in [9.17, 15) is 4.79 Å². The fourth-order valence-corrected chi connectivity index (χ4v) is 2.80. The number of rotatable bonds is 3. The number of H-pyrrole nitrogens is 1. The van der Waals surface area contributed by atoms with Crippen LogP contribution in [-0.2, 0) is 0 Å². The molecular formula is C17H13BrClN3O. The smallest absolute Gasteiger partial charge is 0.288 e. The summed E-state index contributed by atoms with van der Waals surface area (Å²) in [5.74, 6) is -0.303. The molecule has 0 spiro atoms. The van der Waals surface area contributed by atoms with Crippen molar-refractivity contribution in [3.63, 3.8) is 0 Å². The van der Waals surface area contributed by atoms with E-state index in [0.29, 0.717) is 10.7 Å². The van der Waals surface area contributed by atoms with Crippen molar-refractivity contribution in [3.05, 3.63) is 68.8 Å². The Labute approximate surface area is 146 Å². The molecule has 0 saturated heterocycles. The molecule has 2 N–H and O–H groups in total. The maximum Gasteiger partial charge on any atom is 0.288 e. The van der Waals surface area contributed by atoms with Gasteiger partial charge in [0.15, 0.2) is 0 Å². The summed E-state index contributed by atoms with van der Waals surface area (Å²) in [7, 11) is 0. The van der Waals surface area contributed by atoms with Crippen LogP contribution in [-0.4, -0.2) is 17.1 Å². The Hall–Kier alpha value is -2.11. The van der Waals surface area contributed by atoms with Crippen LogP contribution in [0.15, 0.2) is 52.0 Å². The zero-order valence-electron chi connectivity index (χ0n) is 12.2. The van der Waals surface area contributed by atoms with Crippen molar-refractivity contribution in [1.82, 2.24) is 10.4 Å². The number of hydrogen-bond donors (Lipinski definition) is 2. The van der Waals surface area contributed by atoms with Crippen molar-refractivity contribution in [1.29, 1.82) is 0 Å². The number of para-hydroxylation sites is 1. The van der Waals surface area contributed by atoms with Gasteiger partial charge in [0, 0.05) is 9.86 Å². The molecule has 0 saturated carbocycles. The summed E-state index contributed by atoms with van der Waals surface area (Å²) in [6, 6.07) is 13.2. The van der Waals surface area contributed by atoms with E-state index in [0.717, 1.165) is 26.5 Å². The summed E-state index contributed by atoms with van der Waals surface area (Å²) in [6.07, 6.45) is 1.59. The van der Waals surface area contributed by atoms with Crippen molar-refractivity contribution in [2.75, 3.05) is 0 Å². The second-order valence-corrected chi connectivity index (χ2v) is 6.36. The number of carbonyl (C=O) groups excluding carboxylic acids is 1. The average Bonchev–Trinajstić information content (AvgIpc) is 2.88. The molecule has 116 valence electrons. The number of nitrogens with zero attached hydrogens (tertiary/aromatic N) is 1. The fourth-order valence-electron chi connectivity index (χ4n) is 2.31. The molecule has 0 fully saturated rings. The minimum Gasteiger partial charge on any atom is -0.349 e. The van der Waals surface area contributed by atoms with Crippen LogP contribution < -0.4 is 5.43 Å². The van der Waals surface area contributed by atoms with Crippen molar-refractivity contribution in [2.45, 2.75) is 6.92 Å². The van der Waals surface area contributed by atoms with Gasteiger partial charge in [-0.25, -0.2) is 5.43 Å². The average molecular weight is 391 g/mol. The van der Waals surface area contributed by atoms with Crippen LogP contribution in [0.25, 0.3) is 10.9 Å². The Morgan fingerprint density at radius 2 is 2.00 bits per heavy atom. The van der Waals surface area contributed by atoms with Crippen molar-refractivity contribution < 1.29 is 4.79 Å². The van der Waals surface area contributed by atoms with Gasteiger partial charge in [0.25, 0.3) is 5.91 Å². The summed E-state index contributed by atoms with van der Waals surface area (Å²) in [5.41, 5.74) is 5.48. The lowest BCUT2D eigenvalue weighted by molar-refractivity contribution is 0.0950. The van der Waals surface area contributed by atoms with E-state index >= 15 is 0 Å². The first kappa shape index (κ1) is 15.8. The number of benzene rings is 2. The van der Waals surface area contributed by atoms with Crippen LogP contribution >= 0.6 is 27.5 Å². The van der Waals surface area contributed by atoms with Crippen LogP contribution in [0.1, 0.15) is 21.6 Å². The number of halogens is 2. The zero-order chi connectivity index (χ0) is 16.4. The maximum atomic E-state index is 12.3. The standard InChI is InChI=1S/C17H13BrClN3O/c1-10-13-3-2-4-14(19)16(13)21-15(10)17(23)22-20-9-11-5-7-12(18)8-6-11/h2-9,21H,1H3,(H,22,23). The van der Waals surface area contributed by atoms with E-state index in [1.54, 1.807) is 12.3 Å². The van der Waals surface area contributed by atoms with Gasteiger partial charge in [-0.2, -0.15) is 5.10 Å². The molecule has 0 aliphatic heterocycles. The van der Waals surface area contributed by atoms with E-state index in [4.69, 9.17) is 11.6 Å². The molecule has 0 aliphatic carbocycles. The molecule has 0 aliphatic rings. The number of nitrogens with one attached hydrogen (secondary N) is 2. The Kier molecular flexibility index (Phi) is 4.50. The first-order valence-corrected chi connectivity index (χ1v) is 8.09. The topological polar surface area (TPSA) is 57.2 Å². The molecule has 1 amide bonds. The predicted octanol–water partition coefficient (Wildman–Crippen LogP) is 4.66. The van der Waals surface area contributed by atoms with E-state index < -0.39 is 0 Å². The molecule has 3 rings (SSSR count). The maximum absolute atomic E-state index is 12.3. The van der Waals surface area contributed by atoms with Gasteiger partial charge < -0.3 is 4.98 Å². The summed E-state index contributed by atoms with van der Waals surface area (Å²) in [5, 5.41) is 5.50. The van der Waals surface area contributed by atoms with Gasteiger partial charge in [0.1, 0.15) is 5.69 Å². The molecule has 0 radical (unpaired) electrons. The Balaban J connectivity index is 1.80. The molecule has 0 atom stereocenters. The Morgan fingerprint density at radius 3 is 2.70 bits per heavy atom. The highest BCUT2D eigenvalue weighted by atomic mass is 79.9.